The Balaban J connectivity index is 1.94. The molecule has 0 fully saturated rings. The average Bonchev–Trinajstić information content (AvgIpc) is 2.82. The Labute approximate surface area is 106 Å². The summed E-state index contributed by atoms with van der Waals surface area (Å²) in [5, 5.41) is 9.56. The van der Waals surface area contributed by atoms with Gasteiger partial charge in [0.2, 0.25) is 0 Å². The lowest BCUT2D eigenvalue weighted by Gasteiger charge is -2.09. The van der Waals surface area contributed by atoms with Gasteiger partial charge in [0.1, 0.15) is 5.75 Å². The van der Waals surface area contributed by atoms with E-state index in [2.05, 4.69) is 6.08 Å². The van der Waals surface area contributed by atoms with Crippen LogP contribution in [0.4, 0.5) is 0 Å². The highest BCUT2D eigenvalue weighted by Crippen LogP contribution is 2.30. The predicted molar refractivity (Wildman–Crippen MR) is 66.8 cm³/mol. The summed E-state index contributed by atoms with van der Waals surface area (Å²) >= 11 is 0. The van der Waals surface area contributed by atoms with E-state index >= 15 is 0 Å². The highest BCUT2D eigenvalue weighted by Gasteiger charge is 2.16. The lowest BCUT2D eigenvalue weighted by Crippen LogP contribution is -2.11. The summed E-state index contributed by atoms with van der Waals surface area (Å²) in [4.78, 5) is 11.7. The molecule has 1 aliphatic rings. The molecule has 0 heterocycles. The van der Waals surface area contributed by atoms with Gasteiger partial charge in [-0.15, -0.1) is 0 Å². The smallest absolute Gasteiger partial charge is 0.311 e. The molecular weight excluding hydrogens is 232 g/mol. The molecule has 0 bridgehead atoms. The third-order valence-electron chi connectivity index (χ3n) is 2.92. The minimum Gasteiger partial charge on any atom is -0.504 e. The van der Waals surface area contributed by atoms with Crippen molar-refractivity contribution in [2.24, 2.45) is 5.92 Å². The van der Waals surface area contributed by atoms with Gasteiger partial charge in [0.05, 0.1) is 13.5 Å². The molecule has 0 saturated carbocycles. The molecule has 1 aliphatic carbocycles. The molecule has 0 spiro atoms. The second-order valence-corrected chi connectivity index (χ2v) is 4.28. The van der Waals surface area contributed by atoms with Crippen LogP contribution in [0.3, 0.4) is 0 Å². The summed E-state index contributed by atoms with van der Waals surface area (Å²) in [6.07, 6.45) is 6.54. The summed E-state index contributed by atoms with van der Waals surface area (Å²) in [6.45, 7) is 0. The van der Waals surface area contributed by atoms with Crippen molar-refractivity contribution in [3.05, 3.63) is 30.4 Å². The van der Waals surface area contributed by atoms with Gasteiger partial charge in [-0.1, -0.05) is 12.2 Å². The number of aromatic hydroxyl groups is 1. The number of rotatable bonds is 4. The molecule has 1 atom stereocenters. The topological polar surface area (TPSA) is 55.8 Å². The Morgan fingerprint density at radius 1 is 1.50 bits per heavy atom. The van der Waals surface area contributed by atoms with Crippen LogP contribution in [0, 0.1) is 5.92 Å². The number of hydrogen-bond acceptors (Lipinski definition) is 4. The van der Waals surface area contributed by atoms with Crippen molar-refractivity contribution in [1.29, 1.82) is 0 Å². The zero-order chi connectivity index (χ0) is 13.0. The van der Waals surface area contributed by atoms with Gasteiger partial charge in [0.15, 0.2) is 11.5 Å². The number of carbonyl (C=O) groups is 1. The maximum absolute atomic E-state index is 11.7. The van der Waals surface area contributed by atoms with Crippen molar-refractivity contribution < 1.29 is 19.4 Å². The summed E-state index contributed by atoms with van der Waals surface area (Å²) in [6, 6.07) is 4.54. The molecule has 0 saturated heterocycles. The zero-order valence-corrected chi connectivity index (χ0v) is 10.3. The van der Waals surface area contributed by atoms with Crippen LogP contribution < -0.4 is 9.47 Å². The molecule has 18 heavy (non-hydrogen) atoms. The van der Waals surface area contributed by atoms with Crippen LogP contribution in [-0.2, 0) is 4.79 Å². The number of methoxy groups -OCH3 is 1. The van der Waals surface area contributed by atoms with Gasteiger partial charge in [-0.05, 0) is 30.9 Å². The summed E-state index contributed by atoms with van der Waals surface area (Å²) < 4.78 is 10.1. The molecule has 1 unspecified atom stereocenters. The fourth-order valence-corrected chi connectivity index (χ4v) is 1.99. The standard InChI is InChI=1S/C14H16O4/c1-17-13-7-6-11(9-12(13)15)18-14(16)8-10-4-2-3-5-10/h2,4,6-7,9-10,15H,3,5,8H2,1H3. The number of carbonyl (C=O) groups excluding carboxylic acids is 1. The fraction of sp³-hybridized carbons (Fsp3) is 0.357. The van der Waals surface area contributed by atoms with Crippen molar-refractivity contribution in [2.45, 2.75) is 19.3 Å². The van der Waals surface area contributed by atoms with E-state index in [4.69, 9.17) is 9.47 Å². The van der Waals surface area contributed by atoms with Crippen molar-refractivity contribution in [1.82, 2.24) is 0 Å². The normalized spacial score (nSPS) is 17.7. The molecule has 1 N–H and O–H groups in total. The van der Waals surface area contributed by atoms with Crippen molar-refractivity contribution in [3.8, 4) is 17.2 Å². The van der Waals surface area contributed by atoms with Gasteiger partial charge in [-0.25, -0.2) is 0 Å². The molecule has 0 amide bonds. The third-order valence-corrected chi connectivity index (χ3v) is 2.92. The number of ether oxygens (including phenoxy) is 2. The van der Waals surface area contributed by atoms with Crippen LogP contribution in [-0.4, -0.2) is 18.2 Å². The first kappa shape index (κ1) is 12.5. The molecule has 96 valence electrons. The quantitative estimate of drug-likeness (QED) is 0.505. The molecule has 4 heteroatoms. The van der Waals surface area contributed by atoms with Crippen molar-refractivity contribution >= 4 is 5.97 Å². The van der Waals surface area contributed by atoms with Crippen molar-refractivity contribution in [3.63, 3.8) is 0 Å². The Bertz CT molecular complexity index is 465. The lowest BCUT2D eigenvalue weighted by atomic mass is 10.1. The second kappa shape index (κ2) is 5.58. The molecule has 4 nitrogen and oxygen atoms in total. The minimum atomic E-state index is -0.281. The van der Waals surface area contributed by atoms with E-state index in [1.54, 1.807) is 12.1 Å². The van der Waals surface area contributed by atoms with Crippen LogP contribution >= 0.6 is 0 Å². The van der Waals surface area contributed by atoms with Gasteiger partial charge >= 0.3 is 5.97 Å². The van der Waals surface area contributed by atoms with E-state index in [0.717, 1.165) is 12.8 Å². The second-order valence-electron chi connectivity index (χ2n) is 4.28. The molecule has 0 radical (unpaired) electrons. The van der Waals surface area contributed by atoms with E-state index in [-0.39, 0.29) is 17.6 Å². The first-order valence-corrected chi connectivity index (χ1v) is 5.93. The third kappa shape index (κ3) is 3.03. The number of benzene rings is 1. The summed E-state index contributed by atoms with van der Waals surface area (Å²) in [5.74, 6) is 0.651. The maximum atomic E-state index is 11.7. The SMILES string of the molecule is COc1ccc(OC(=O)CC2C=CCC2)cc1O. The van der Waals surface area contributed by atoms with Crippen molar-refractivity contribution in [2.75, 3.05) is 7.11 Å². The van der Waals surface area contributed by atoms with Crippen LogP contribution in [0.25, 0.3) is 0 Å². The van der Waals surface area contributed by atoms with Gasteiger partial charge in [-0.2, -0.15) is 0 Å². The minimum absolute atomic E-state index is 0.0384. The highest BCUT2D eigenvalue weighted by molar-refractivity contribution is 5.73. The van der Waals surface area contributed by atoms with Gasteiger partial charge < -0.3 is 14.6 Å². The molecule has 1 aromatic rings. The molecule has 0 aliphatic heterocycles. The van der Waals surface area contributed by atoms with E-state index in [0.29, 0.717) is 17.9 Å². The monoisotopic (exact) mass is 248 g/mol. The molecule has 1 aromatic carbocycles. The average molecular weight is 248 g/mol. The van der Waals surface area contributed by atoms with Gasteiger partial charge in [0.25, 0.3) is 0 Å². The number of allylic oxidation sites excluding steroid dienone is 2. The number of phenolic OH excluding ortho intramolecular Hbond substituents is 1. The van der Waals surface area contributed by atoms with Crippen LogP contribution in [0.2, 0.25) is 0 Å². The largest absolute Gasteiger partial charge is 0.504 e. The maximum Gasteiger partial charge on any atom is 0.311 e. The summed E-state index contributed by atoms with van der Waals surface area (Å²) in [7, 11) is 1.47. The Morgan fingerprint density at radius 3 is 2.94 bits per heavy atom. The van der Waals surface area contributed by atoms with E-state index in [9.17, 15) is 9.90 Å². The zero-order valence-electron chi connectivity index (χ0n) is 10.3. The van der Waals surface area contributed by atoms with Crippen LogP contribution in [0.15, 0.2) is 30.4 Å². The first-order chi connectivity index (χ1) is 8.69. The predicted octanol–water partition coefficient (Wildman–Crippen LogP) is 2.66. The van der Waals surface area contributed by atoms with E-state index < -0.39 is 0 Å². The van der Waals surface area contributed by atoms with E-state index in [1.165, 1.54) is 13.2 Å². The van der Waals surface area contributed by atoms with Gasteiger partial charge in [0, 0.05) is 6.07 Å². The lowest BCUT2D eigenvalue weighted by molar-refractivity contribution is -0.135. The highest BCUT2D eigenvalue weighted by atomic mass is 16.5. The molecule has 2 rings (SSSR count). The van der Waals surface area contributed by atoms with Gasteiger partial charge in [-0.3, -0.25) is 4.79 Å². The fourth-order valence-electron chi connectivity index (χ4n) is 1.99. The Hall–Kier alpha value is -1.97. The number of esters is 1. The first-order valence-electron chi connectivity index (χ1n) is 5.93. The Morgan fingerprint density at radius 2 is 2.33 bits per heavy atom. The van der Waals surface area contributed by atoms with E-state index in [1.807, 2.05) is 6.08 Å². The Kier molecular flexibility index (Phi) is 3.87. The summed E-state index contributed by atoms with van der Waals surface area (Å²) in [5.41, 5.74) is 0. The molecular formula is C14H16O4. The van der Waals surface area contributed by atoms with Crippen LogP contribution in [0.5, 0.6) is 17.2 Å². The van der Waals surface area contributed by atoms with Crippen LogP contribution in [0.1, 0.15) is 19.3 Å². The number of hydrogen-bond donors (Lipinski definition) is 1. The molecule has 0 aromatic heterocycles. The number of phenols is 1.